The topological polar surface area (TPSA) is 59.0 Å². The molecule has 0 unspecified atom stereocenters. The highest BCUT2D eigenvalue weighted by molar-refractivity contribution is 5.93. The largest absolute Gasteiger partial charge is 0.334 e. The Morgan fingerprint density at radius 1 is 1.35 bits per heavy atom. The van der Waals surface area contributed by atoms with E-state index in [0.29, 0.717) is 12.3 Å². The van der Waals surface area contributed by atoms with Crippen molar-refractivity contribution in [1.82, 2.24) is 14.9 Å². The zero-order valence-corrected chi connectivity index (χ0v) is 14.9. The van der Waals surface area contributed by atoms with Gasteiger partial charge in [-0.3, -0.25) is 4.79 Å². The summed E-state index contributed by atoms with van der Waals surface area (Å²) in [5.41, 5.74) is 2.81. The number of rotatable bonds is 4. The highest BCUT2D eigenvalue weighted by Crippen LogP contribution is 2.20. The van der Waals surface area contributed by atoms with E-state index < -0.39 is 0 Å². The Morgan fingerprint density at radius 3 is 2.83 bits per heavy atom. The van der Waals surface area contributed by atoms with Crippen LogP contribution in [0.4, 0.5) is 5.69 Å². The molecule has 7 heteroatoms. The molecule has 3 rings (SSSR count). The highest BCUT2D eigenvalue weighted by Gasteiger charge is 2.14. The van der Waals surface area contributed by atoms with E-state index in [1.54, 1.807) is 6.33 Å². The first-order chi connectivity index (χ1) is 10.2. The van der Waals surface area contributed by atoms with Crippen molar-refractivity contribution in [2.75, 3.05) is 18.4 Å². The molecule has 2 N–H and O–H groups in total. The molecule has 0 spiro atoms. The second-order valence-electron chi connectivity index (χ2n) is 5.84. The monoisotopic (exact) mass is 358 g/mol. The van der Waals surface area contributed by atoms with Crippen molar-refractivity contribution in [3.8, 4) is 0 Å². The molecule has 1 aliphatic heterocycles. The predicted molar refractivity (Wildman–Crippen MR) is 98.7 cm³/mol. The molecular weight excluding hydrogens is 335 g/mol. The predicted octanol–water partition coefficient (Wildman–Crippen LogP) is 3.14. The van der Waals surface area contributed by atoms with Crippen LogP contribution in [0.2, 0.25) is 0 Å². The number of aromatic nitrogens is 2. The molecule has 5 nitrogen and oxygen atoms in total. The van der Waals surface area contributed by atoms with E-state index in [9.17, 15) is 4.79 Å². The summed E-state index contributed by atoms with van der Waals surface area (Å²) in [7, 11) is 1.96. The molecule has 1 amide bonds. The number of benzene rings is 1. The number of amides is 1. The molecule has 1 aliphatic rings. The summed E-state index contributed by atoms with van der Waals surface area (Å²) in [5, 5.41) is 6.33. The normalized spacial score (nSPS) is 14.8. The molecule has 0 saturated carbocycles. The molecule has 0 aliphatic carbocycles. The lowest BCUT2D eigenvalue weighted by Gasteiger charge is -2.22. The zero-order chi connectivity index (χ0) is 14.7. The number of fused-ring (bicyclic) bond motifs is 1. The van der Waals surface area contributed by atoms with Crippen molar-refractivity contribution in [3.05, 3.63) is 24.5 Å². The number of aryl methyl sites for hydroxylation is 1. The number of hydrogen-bond donors (Lipinski definition) is 2. The fourth-order valence-electron chi connectivity index (χ4n) is 2.94. The van der Waals surface area contributed by atoms with E-state index in [1.807, 2.05) is 29.8 Å². The van der Waals surface area contributed by atoms with Gasteiger partial charge in [0.15, 0.2) is 0 Å². The standard InChI is InChI=1S/C16H22N4O.2ClH/c1-20-11-18-14-10-13(3-4-15(14)20)19-16(21)5-2-12-6-8-17-9-7-12;;/h3-4,10-12,17H,2,5-9H2,1H3,(H,19,21);2*1H. The third kappa shape index (κ3) is 5.09. The first-order valence-electron chi connectivity index (χ1n) is 7.64. The molecule has 1 aromatic heterocycles. The van der Waals surface area contributed by atoms with Crippen LogP contribution in [0.25, 0.3) is 11.0 Å². The fourth-order valence-corrected chi connectivity index (χ4v) is 2.94. The van der Waals surface area contributed by atoms with Crippen molar-refractivity contribution < 1.29 is 4.79 Å². The highest BCUT2D eigenvalue weighted by atomic mass is 35.5. The molecule has 0 atom stereocenters. The summed E-state index contributed by atoms with van der Waals surface area (Å²) in [5.74, 6) is 0.791. The van der Waals surface area contributed by atoms with E-state index in [4.69, 9.17) is 0 Å². The van der Waals surface area contributed by atoms with E-state index in [2.05, 4.69) is 15.6 Å². The number of imidazole rings is 1. The Kier molecular flexibility index (Phi) is 7.82. The number of nitrogens with one attached hydrogen (secondary N) is 2. The van der Waals surface area contributed by atoms with Crippen LogP contribution in [-0.4, -0.2) is 28.5 Å². The summed E-state index contributed by atoms with van der Waals surface area (Å²) in [4.78, 5) is 16.4. The maximum absolute atomic E-state index is 12.0. The van der Waals surface area contributed by atoms with Crippen molar-refractivity contribution in [1.29, 1.82) is 0 Å². The van der Waals surface area contributed by atoms with Gasteiger partial charge >= 0.3 is 0 Å². The van der Waals surface area contributed by atoms with Gasteiger partial charge in [0.25, 0.3) is 0 Å². The molecule has 0 radical (unpaired) electrons. The van der Waals surface area contributed by atoms with E-state index in [0.717, 1.165) is 36.2 Å². The number of piperidine rings is 1. The second kappa shape index (κ2) is 9.11. The van der Waals surface area contributed by atoms with E-state index in [-0.39, 0.29) is 30.7 Å². The summed E-state index contributed by atoms with van der Waals surface area (Å²) in [6.07, 6.45) is 5.75. The summed E-state index contributed by atoms with van der Waals surface area (Å²) in [6.45, 7) is 2.17. The van der Waals surface area contributed by atoms with Crippen LogP contribution in [0.1, 0.15) is 25.7 Å². The van der Waals surface area contributed by atoms with Gasteiger partial charge in [0.05, 0.1) is 17.4 Å². The lowest BCUT2D eigenvalue weighted by molar-refractivity contribution is -0.116. The average molecular weight is 359 g/mol. The zero-order valence-electron chi connectivity index (χ0n) is 13.2. The van der Waals surface area contributed by atoms with Gasteiger partial charge in [0, 0.05) is 19.2 Å². The van der Waals surface area contributed by atoms with Gasteiger partial charge in [0.2, 0.25) is 5.91 Å². The van der Waals surface area contributed by atoms with E-state index in [1.165, 1.54) is 12.8 Å². The molecule has 0 bridgehead atoms. The SMILES string of the molecule is Cl.Cl.Cn1cnc2cc(NC(=O)CCC3CCNCC3)ccc21. The lowest BCUT2D eigenvalue weighted by atomic mass is 9.93. The van der Waals surface area contributed by atoms with Gasteiger partial charge in [-0.15, -0.1) is 24.8 Å². The molecule has 2 heterocycles. The third-order valence-corrected chi connectivity index (χ3v) is 4.25. The number of hydrogen-bond acceptors (Lipinski definition) is 3. The van der Waals surface area contributed by atoms with Gasteiger partial charge in [0.1, 0.15) is 0 Å². The van der Waals surface area contributed by atoms with Gasteiger partial charge in [-0.05, 0) is 56.5 Å². The number of carbonyl (C=O) groups excluding carboxylic acids is 1. The van der Waals surface area contributed by atoms with Gasteiger partial charge in [-0.1, -0.05) is 0 Å². The van der Waals surface area contributed by atoms with Crippen molar-refractivity contribution in [2.24, 2.45) is 13.0 Å². The quantitative estimate of drug-likeness (QED) is 0.882. The average Bonchev–Trinajstić information content (AvgIpc) is 2.87. The molecule has 2 aromatic rings. The maximum Gasteiger partial charge on any atom is 0.224 e. The van der Waals surface area contributed by atoms with Crippen LogP contribution < -0.4 is 10.6 Å². The number of nitrogens with zero attached hydrogens (tertiary/aromatic N) is 2. The van der Waals surface area contributed by atoms with Crippen LogP contribution in [0.5, 0.6) is 0 Å². The van der Waals surface area contributed by atoms with Crippen molar-refractivity contribution >= 4 is 47.4 Å². The molecule has 23 heavy (non-hydrogen) atoms. The van der Waals surface area contributed by atoms with Crippen molar-refractivity contribution in [3.63, 3.8) is 0 Å². The smallest absolute Gasteiger partial charge is 0.224 e. The minimum Gasteiger partial charge on any atom is -0.334 e. The molecule has 1 aromatic carbocycles. The number of halogens is 2. The molecule has 128 valence electrons. The van der Waals surface area contributed by atoms with Crippen LogP contribution in [0.15, 0.2) is 24.5 Å². The Labute approximate surface area is 149 Å². The second-order valence-corrected chi connectivity index (χ2v) is 5.84. The molecular formula is C16H24Cl2N4O. The first kappa shape index (κ1) is 19.7. The minimum atomic E-state index is 0. The molecule has 1 fully saturated rings. The Morgan fingerprint density at radius 2 is 2.09 bits per heavy atom. The number of anilines is 1. The Hall–Kier alpha value is -1.30. The number of carbonyl (C=O) groups is 1. The Balaban J connectivity index is 0.00000132. The van der Waals surface area contributed by atoms with Crippen LogP contribution >= 0.6 is 24.8 Å². The fraction of sp³-hybridized carbons (Fsp3) is 0.500. The van der Waals surface area contributed by atoms with Gasteiger partial charge < -0.3 is 15.2 Å². The van der Waals surface area contributed by atoms with Crippen LogP contribution in [0, 0.1) is 5.92 Å². The maximum atomic E-state index is 12.0. The summed E-state index contributed by atoms with van der Waals surface area (Å²) < 4.78 is 1.97. The lowest BCUT2D eigenvalue weighted by Crippen LogP contribution is -2.28. The minimum absolute atomic E-state index is 0. The van der Waals surface area contributed by atoms with Crippen LogP contribution in [0.3, 0.4) is 0 Å². The first-order valence-corrected chi connectivity index (χ1v) is 7.64. The van der Waals surface area contributed by atoms with E-state index >= 15 is 0 Å². The summed E-state index contributed by atoms with van der Waals surface area (Å²) in [6, 6.07) is 5.86. The van der Waals surface area contributed by atoms with Crippen LogP contribution in [-0.2, 0) is 11.8 Å². The molecule has 1 saturated heterocycles. The third-order valence-electron chi connectivity index (χ3n) is 4.25. The Bertz CT molecular complexity index is 638. The van der Waals surface area contributed by atoms with Crippen molar-refractivity contribution in [2.45, 2.75) is 25.7 Å². The van der Waals surface area contributed by atoms with Gasteiger partial charge in [-0.2, -0.15) is 0 Å². The summed E-state index contributed by atoms with van der Waals surface area (Å²) >= 11 is 0. The van der Waals surface area contributed by atoms with Gasteiger partial charge in [-0.25, -0.2) is 4.98 Å².